The number of carboxylic acids is 1. The SMILES string of the molecule is CC(C)n1nc(Cl)c2cc(COc3ccc4c(c3)CCC(CN3CCC[C@@H](C(=O)O)C3)=C4Cl)ccc21. The number of rotatable bonds is 7. The van der Waals surface area contributed by atoms with Crippen LogP contribution in [-0.2, 0) is 17.8 Å². The van der Waals surface area contributed by atoms with E-state index in [1.165, 1.54) is 11.1 Å². The monoisotopic (exact) mass is 527 g/mol. The van der Waals surface area contributed by atoms with Crippen molar-refractivity contribution in [2.24, 2.45) is 5.92 Å². The van der Waals surface area contributed by atoms with Crippen LogP contribution in [0.25, 0.3) is 15.9 Å². The number of ether oxygens (including phenoxy) is 1. The highest BCUT2D eigenvalue weighted by atomic mass is 35.5. The lowest BCUT2D eigenvalue weighted by Gasteiger charge is -2.32. The zero-order valence-electron chi connectivity index (χ0n) is 20.6. The van der Waals surface area contributed by atoms with E-state index in [0.717, 1.165) is 71.6 Å². The maximum atomic E-state index is 11.4. The van der Waals surface area contributed by atoms with Crippen LogP contribution in [0.2, 0.25) is 5.15 Å². The van der Waals surface area contributed by atoms with Crippen molar-refractivity contribution < 1.29 is 14.6 Å². The summed E-state index contributed by atoms with van der Waals surface area (Å²) in [5, 5.41) is 16.1. The van der Waals surface area contributed by atoms with Crippen LogP contribution in [0.4, 0.5) is 0 Å². The van der Waals surface area contributed by atoms with Crippen LogP contribution in [0.5, 0.6) is 5.75 Å². The van der Waals surface area contributed by atoms with Crippen molar-refractivity contribution in [3.63, 3.8) is 0 Å². The number of aryl methyl sites for hydroxylation is 1. The fraction of sp³-hybridized carbons (Fsp3) is 0.429. The molecule has 1 fully saturated rings. The van der Waals surface area contributed by atoms with E-state index in [9.17, 15) is 9.90 Å². The van der Waals surface area contributed by atoms with E-state index in [1.54, 1.807) is 0 Å². The quantitative estimate of drug-likeness (QED) is 0.377. The third-order valence-electron chi connectivity index (χ3n) is 7.21. The lowest BCUT2D eigenvalue weighted by molar-refractivity contribution is -0.143. The largest absolute Gasteiger partial charge is 0.489 e. The van der Waals surface area contributed by atoms with Gasteiger partial charge in [0.05, 0.1) is 11.4 Å². The van der Waals surface area contributed by atoms with E-state index in [2.05, 4.69) is 36.0 Å². The molecule has 6 nitrogen and oxygen atoms in total. The highest BCUT2D eigenvalue weighted by molar-refractivity contribution is 6.49. The number of carboxylic acid groups (broad SMARTS) is 1. The van der Waals surface area contributed by atoms with Crippen molar-refractivity contribution in [3.8, 4) is 5.75 Å². The van der Waals surface area contributed by atoms with Crippen molar-refractivity contribution in [3.05, 3.63) is 63.8 Å². The van der Waals surface area contributed by atoms with E-state index < -0.39 is 5.97 Å². The van der Waals surface area contributed by atoms with Crippen molar-refractivity contribution in [1.29, 1.82) is 0 Å². The number of hydrogen-bond acceptors (Lipinski definition) is 4. The Morgan fingerprint density at radius 1 is 1.19 bits per heavy atom. The molecule has 0 unspecified atom stereocenters. The lowest BCUT2D eigenvalue weighted by Crippen LogP contribution is -2.39. The van der Waals surface area contributed by atoms with Crippen LogP contribution in [0.15, 0.2) is 42.0 Å². The Kier molecular flexibility index (Phi) is 7.29. The van der Waals surface area contributed by atoms with Crippen LogP contribution >= 0.6 is 23.2 Å². The number of aromatic nitrogens is 2. The zero-order chi connectivity index (χ0) is 25.4. The third-order valence-corrected chi connectivity index (χ3v) is 7.96. The van der Waals surface area contributed by atoms with Gasteiger partial charge in [-0.3, -0.25) is 14.4 Å². The minimum Gasteiger partial charge on any atom is -0.489 e. The summed E-state index contributed by atoms with van der Waals surface area (Å²) in [7, 11) is 0. The molecule has 2 aliphatic rings. The van der Waals surface area contributed by atoms with Crippen molar-refractivity contribution in [2.45, 2.75) is 52.2 Å². The summed E-state index contributed by atoms with van der Waals surface area (Å²) in [5.41, 5.74) is 5.47. The zero-order valence-corrected chi connectivity index (χ0v) is 22.1. The van der Waals surface area contributed by atoms with Crippen LogP contribution in [-0.4, -0.2) is 45.4 Å². The molecule has 1 saturated heterocycles. The van der Waals surface area contributed by atoms with E-state index in [-0.39, 0.29) is 12.0 Å². The summed E-state index contributed by atoms with van der Waals surface area (Å²) in [6, 6.07) is 12.5. The highest BCUT2D eigenvalue weighted by Crippen LogP contribution is 2.37. The van der Waals surface area contributed by atoms with E-state index in [1.807, 2.05) is 28.9 Å². The molecular formula is C28H31Cl2N3O3. The molecule has 0 amide bonds. The van der Waals surface area contributed by atoms with Gasteiger partial charge in [-0.05, 0) is 98.7 Å². The molecule has 5 rings (SSSR count). The predicted octanol–water partition coefficient (Wildman–Crippen LogP) is 6.54. The van der Waals surface area contributed by atoms with Gasteiger partial charge in [-0.25, -0.2) is 0 Å². The summed E-state index contributed by atoms with van der Waals surface area (Å²) in [6.45, 7) is 6.86. The van der Waals surface area contributed by atoms with E-state index in [4.69, 9.17) is 27.9 Å². The van der Waals surface area contributed by atoms with Gasteiger partial charge in [0.25, 0.3) is 0 Å². The molecule has 1 aliphatic carbocycles. The Bertz CT molecular complexity index is 1330. The molecule has 0 bridgehead atoms. The van der Waals surface area contributed by atoms with Crippen LogP contribution in [0.3, 0.4) is 0 Å². The number of carbonyl (C=O) groups is 1. The summed E-state index contributed by atoms with van der Waals surface area (Å²) >= 11 is 13.2. The van der Waals surface area contributed by atoms with Gasteiger partial charge in [0.15, 0.2) is 5.15 Å². The fourth-order valence-electron chi connectivity index (χ4n) is 5.29. The Balaban J connectivity index is 1.27. The molecule has 190 valence electrons. The molecule has 2 heterocycles. The highest BCUT2D eigenvalue weighted by Gasteiger charge is 2.27. The van der Waals surface area contributed by atoms with Crippen molar-refractivity contribution in [2.75, 3.05) is 19.6 Å². The second-order valence-corrected chi connectivity index (χ2v) is 10.9. The number of halogens is 2. The first-order valence-electron chi connectivity index (χ1n) is 12.6. The first kappa shape index (κ1) is 25.1. The van der Waals surface area contributed by atoms with Gasteiger partial charge in [-0.1, -0.05) is 29.3 Å². The number of hydrogen-bond donors (Lipinski definition) is 1. The van der Waals surface area contributed by atoms with Gasteiger partial charge in [0.2, 0.25) is 0 Å². The molecular weight excluding hydrogens is 497 g/mol. The lowest BCUT2D eigenvalue weighted by atomic mass is 9.90. The van der Waals surface area contributed by atoms with E-state index >= 15 is 0 Å². The number of fused-ring (bicyclic) bond motifs is 2. The molecule has 2 aromatic carbocycles. The first-order chi connectivity index (χ1) is 17.3. The van der Waals surface area contributed by atoms with Gasteiger partial charge in [-0.2, -0.15) is 5.10 Å². The minimum atomic E-state index is -0.699. The molecule has 1 N–H and O–H groups in total. The number of nitrogens with zero attached hydrogens (tertiary/aromatic N) is 3. The molecule has 1 aromatic heterocycles. The topological polar surface area (TPSA) is 67.6 Å². The van der Waals surface area contributed by atoms with Gasteiger partial charge in [0, 0.05) is 29.5 Å². The van der Waals surface area contributed by atoms with Gasteiger partial charge in [-0.15, -0.1) is 0 Å². The first-order valence-corrected chi connectivity index (χ1v) is 13.3. The van der Waals surface area contributed by atoms with Crippen LogP contribution in [0, 0.1) is 5.92 Å². The predicted molar refractivity (Wildman–Crippen MR) is 144 cm³/mol. The normalized spacial score (nSPS) is 18.6. The number of piperidine rings is 1. The molecule has 8 heteroatoms. The standard InChI is InChI=1S/C28H31Cl2N3O3/c1-17(2)33-25-10-5-18(12-24(25)27(30)31-33)16-36-22-8-9-23-19(13-22)6-7-20(26(23)29)14-32-11-3-4-21(15-32)28(34)35/h5,8-10,12-13,17,21H,3-4,6-7,11,14-16H2,1-2H3,(H,34,35)/t21-/m1/s1. The molecule has 1 aliphatic heterocycles. The number of benzene rings is 2. The van der Waals surface area contributed by atoms with Gasteiger partial charge in [0.1, 0.15) is 12.4 Å². The van der Waals surface area contributed by atoms with Crippen molar-refractivity contribution in [1.82, 2.24) is 14.7 Å². The fourth-order valence-corrected chi connectivity index (χ4v) is 5.86. The molecule has 1 atom stereocenters. The van der Waals surface area contributed by atoms with E-state index in [0.29, 0.717) is 18.3 Å². The van der Waals surface area contributed by atoms with Crippen molar-refractivity contribution >= 4 is 45.1 Å². The summed E-state index contributed by atoms with van der Waals surface area (Å²) in [6.07, 6.45) is 3.44. The minimum absolute atomic E-state index is 0.237. The van der Waals surface area contributed by atoms with Crippen LogP contribution in [0.1, 0.15) is 55.8 Å². The Hall–Kier alpha value is -2.54. The number of aliphatic carboxylic acids is 1. The van der Waals surface area contributed by atoms with Crippen LogP contribution < -0.4 is 4.74 Å². The second kappa shape index (κ2) is 10.4. The maximum absolute atomic E-state index is 11.4. The molecule has 0 saturated carbocycles. The Morgan fingerprint density at radius 2 is 2.03 bits per heavy atom. The Morgan fingerprint density at radius 3 is 2.81 bits per heavy atom. The van der Waals surface area contributed by atoms with Gasteiger partial charge < -0.3 is 9.84 Å². The molecule has 0 radical (unpaired) electrons. The summed E-state index contributed by atoms with van der Waals surface area (Å²) in [5.74, 6) is -0.169. The summed E-state index contributed by atoms with van der Waals surface area (Å²) < 4.78 is 8.06. The smallest absolute Gasteiger partial charge is 0.307 e. The maximum Gasteiger partial charge on any atom is 0.307 e. The van der Waals surface area contributed by atoms with Gasteiger partial charge >= 0.3 is 5.97 Å². The Labute approximate surface area is 221 Å². The molecule has 0 spiro atoms. The molecule has 3 aromatic rings. The number of likely N-dealkylation sites (tertiary alicyclic amines) is 1. The summed E-state index contributed by atoms with van der Waals surface area (Å²) in [4.78, 5) is 13.6. The average molecular weight is 528 g/mol. The average Bonchev–Trinajstić information content (AvgIpc) is 3.21. The second-order valence-electron chi connectivity index (χ2n) is 10.1. The third kappa shape index (κ3) is 5.13. The molecule has 36 heavy (non-hydrogen) atoms.